The first kappa shape index (κ1) is 16.2. The molecule has 0 aliphatic rings. The topological polar surface area (TPSA) is 38.1 Å². The second-order valence-corrected chi connectivity index (χ2v) is 6.13. The van der Waals surface area contributed by atoms with Crippen LogP contribution in [0.1, 0.15) is 23.9 Å². The van der Waals surface area contributed by atoms with Crippen LogP contribution >= 0.6 is 0 Å². The minimum absolute atomic E-state index is 0.0936. The van der Waals surface area contributed by atoms with Crippen LogP contribution in [0.25, 0.3) is 11.0 Å². The highest BCUT2D eigenvalue weighted by atomic mass is 16.2. The number of benzene rings is 2. The van der Waals surface area contributed by atoms with Crippen LogP contribution in [-0.4, -0.2) is 27.4 Å². The molecule has 0 bridgehead atoms. The van der Waals surface area contributed by atoms with E-state index in [4.69, 9.17) is 0 Å². The van der Waals surface area contributed by atoms with Crippen molar-refractivity contribution in [3.63, 3.8) is 0 Å². The summed E-state index contributed by atoms with van der Waals surface area (Å²) in [6.45, 7) is 5.09. The number of rotatable bonds is 5. The van der Waals surface area contributed by atoms with Gasteiger partial charge in [0.1, 0.15) is 12.4 Å². The fraction of sp³-hybridized carbons (Fsp3) is 0.300. The van der Waals surface area contributed by atoms with Crippen molar-refractivity contribution in [1.29, 1.82) is 0 Å². The normalized spacial score (nSPS) is 11.0. The van der Waals surface area contributed by atoms with Crippen molar-refractivity contribution in [3.05, 3.63) is 65.5 Å². The molecule has 0 N–H and O–H groups in total. The summed E-state index contributed by atoms with van der Waals surface area (Å²) in [6.07, 6.45) is 0.809. The number of amides is 1. The van der Waals surface area contributed by atoms with E-state index in [1.54, 1.807) is 4.90 Å². The van der Waals surface area contributed by atoms with Crippen LogP contribution in [0.15, 0.2) is 48.5 Å². The summed E-state index contributed by atoms with van der Waals surface area (Å²) >= 11 is 0. The Morgan fingerprint density at radius 3 is 2.58 bits per heavy atom. The maximum absolute atomic E-state index is 12.7. The molecule has 1 aromatic heterocycles. The predicted molar refractivity (Wildman–Crippen MR) is 96.8 cm³/mol. The van der Waals surface area contributed by atoms with Gasteiger partial charge >= 0.3 is 0 Å². The van der Waals surface area contributed by atoms with Gasteiger partial charge in [-0.1, -0.05) is 43.3 Å². The quantitative estimate of drug-likeness (QED) is 0.720. The SMILES string of the molecule is CCc1nc2ccccc2n1CC(=O)N(C)Cc1ccccc1C. The molecule has 24 heavy (non-hydrogen) atoms. The molecule has 0 aliphatic heterocycles. The smallest absolute Gasteiger partial charge is 0.242 e. The molecule has 0 atom stereocenters. The zero-order valence-corrected chi connectivity index (χ0v) is 14.5. The van der Waals surface area contributed by atoms with Gasteiger partial charge in [0.25, 0.3) is 0 Å². The summed E-state index contributed by atoms with van der Waals surface area (Å²) in [5.74, 6) is 1.05. The van der Waals surface area contributed by atoms with Crippen molar-refractivity contribution >= 4 is 16.9 Å². The van der Waals surface area contributed by atoms with Crippen LogP contribution in [-0.2, 0) is 24.3 Å². The average molecular weight is 321 g/mol. The van der Waals surface area contributed by atoms with Gasteiger partial charge in [0.05, 0.1) is 11.0 Å². The Bertz CT molecular complexity index is 866. The number of aryl methyl sites for hydroxylation is 2. The number of carbonyl (C=O) groups is 1. The molecule has 124 valence electrons. The molecular weight excluding hydrogens is 298 g/mol. The van der Waals surface area contributed by atoms with Crippen LogP contribution in [0.5, 0.6) is 0 Å². The van der Waals surface area contributed by atoms with Gasteiger partial charge in [-0.3, -0.25) is 4.79 Å². The minimum atomic E-state index is 0.0936. The lowest BCUT2D eigenvalue weighted by Gasteiger charge is -2.19. The third-order valence-corrected chi connectivity index (χ3v) is 4.44. The molecule has 0 aliphatic carbocycles. The molecule has 0 radical (unpaired) electrons. The lowest BCUT2D eigenvalue weighted by atomic mass is 10.1. The monoisotopic (exact) mass is 321 g/mol. The Hall–Kier alpha value is -2.62. The molecule has 0 unspecified atom stereocenters. The largest absolute Gasteiger partial charge is 0.340 e. The number of hydrogen-bond acceptors (Lipinski definition) is 2. The van der Waals surface area contributed by atoms with Crippen LogP contribution in [0.2, 0.25) is 0 Å². The average Bonchev–Trinajstić information content (AvgIpc) is 2.94. The molecule has 0 saturated heterocycles. The fourth-order valence-electron chi connectivity index (χ4n) is 2.96. The number of hydrogen-bond donors (Lipinski definition) is 0. The third-order valence-electron chi connectivity index (χ3n) is 4.44. The second-order valence-electron chi connectivity index (χ2n) is 6.13. The molecule has 0 fully saturated rings. The van der Waals surface area contributed by atoms with Crippen molar-refractivity contribution in [1.82, 2.24) is 14.5 Å². The Morgan fingerprint density at radius 1 is 1.12 bits per heavy atom. The Kier molecular flexibility index (Phi) is 4.65. The molecule has 1 amide bonds. The first-order valence-electron chi connectivity index (χ1n) is 8.32. The molecule has 1 heterocycles. The predicted octanol–water partition coefficient (Wildman–Crippen LogP) is 3.57. The maximum atomic E-state index is 12.7. The summed E-state index contributed by atoms with van der Waals surface area (Å²) in [5, 5.41) is 0. The van der Waals surface area contributed by atoms with E-state index in [9.17, 15) is 4.79 Å². The van der Waals surface area contributed by atoms with Gasteiger partial charge in [0.15, 0.2) is 0 Å². The van der Waals surface area contributed by atoms with E-state index in [1.807, 2.05) is 48.0 Å². The van der Waals surface area contributed by atoms with Crippen molar-refractivity contribution < 1.29 is 4.79 Å². The highest BCUT2D eigenvalue weighted by molar-refractivity contribution is 5.81. The van der Waals surface area contributed by atoms with E-state index >= 15 is 0 Å². The van der Waals surface area contributed by atoms with Gasteiger partial charge in [-0.15, -0.1) is 0 Å². The number of fused-ring (bicyclic) bond motifs is 1. The number of para-hydroxylation sites is 2. The first-order valence-corrected chi connectivity index (χ1v) is 8.32. The summed E-state index contributed by atoms with van der Waals surface area (Å²) in [6, 6.07) is 16.2. The Morgan fingerprint density at radius 2 is 1.83 bits per heavy atom. The lowest BCUT2D eigenvalue weighted by Crippen LogP contribution is -2.30. The number of nitrogens with zero attached hydrogens (tertiary/aromatic N) is 3. The van der Waals surface area contributed by atoms with E-state index in [1.165, 1.54) is 11.1 Å². The van der Waals surface area contributed by atoms with E-state index in [2.05, 4.69) is 31.0 Å². The summed E-state index contributed by atoms with van der Waals surface area (Å²) in [5.41, 5.74) is 4.36. The van der Waals surface area contributed by atoms with E-state index in [0.717, 1.165) is 23.3 Å². The highest BCUT2D eigenvalue weighted by Crippen LogP contribution is 2.17. The summed E-state index contributed by atoms with van der Waals surface area (Å²) in [7, 11) is 1.86. The van der Waals surface area contributed by atoms with Crippen LogP contribution in [0, 0.1) is 6.92 Å². The van der Waals surface area contributed by atoms with E-state index < -0.39 is 0 Å². The number of carbonyl (C=O) groups excluding carboxylic acids is 1. The van der Waals surface area contributed by atoms with E-state index in [-0.39, 0.29) is 5.91 Å². The van der Waals surface area contributed by atoms with Gasteiger partial charge in [0.2, 0.25) is 5.91 Å². The molecule has 3 aromatic rings. The van der Waals surface area contributed by atoms with Crippen molar-refractivity contribution in [2.75, 3.05) is 7.05 Å². The van der Waals surface area contributed by atoms with Crippen LogP contribution in [0.4, 0.5) is 0 Å². The number of aromatic nitrogens is 2. The third kappa shape index (κ3) is 3.18. The molecule has 0 saturated carbocycles. The first-order chi connectivity index (χ1) is 11.6. The van der Waals surface area contributed by atoms with E-state index in [0.29, 0.717) is 13.1 Å². The zero-order chi connectivity index (χ0) is 17.1. The fourth-order valence-corrected chi connectivity index (χ4v) is 2.96. The standard InChI is InChI=1S/C20H23N3O/c1-4-19-21-17-11-7-8-12-18(17)23(19)14-20(24)22(3)13-16-10-6-5-9-15(16)2/h5-12H,4,13-14H2,1-3H3. The second kappa shape index (κ2) is 6.87. The molecule has 4 nitrogen and oxygen atoms in total. The van der Waals surface area contributed by atoms with Gasteiger partial charge in [0, 0.05) is 20.0 Å². The van der Waals surface area contributed by atoms with Gasteiger partial charge < -0.3 is 9.47 Å². The molecule has 0 spiro atoms. The van der Waals surface area contributed by atoms with Gasteiger partial charge in [-0.05, 0) is 30.2 Å². The highest BCUT2D eigenvalue weighted by Gasteiger charge is 2.15. The van der Waals surface area contributed by atoms with Gasteiger partial charge in [-0.2, -0.15) is 0 Å². The molecule has 3 rings (SSSR count). The molecule has 4 heteroatoms. The molecular formula is C20H23N3O. The zero-order valence-electron chi connectivity index (χ0n) is 14.5. The maximum Gasteiger partial charge on any atom is 0.242 e. The summed E-state index contributed by atoms with van der Waals surface area (Å²) in [4.78, 5) is 19.1. The number of likely N-dealkylation sites (N-methyl/N-ethyl adjacent to an activating group) is 1. The van der Waals surface area contributed by atoms with Crippen LogP contribution < -0.4 is 0 Å². The summed E-state index contributed by atoms with van der Waals surface area (Å²) < 4.78 is 2.03. The van der Waals surface area contributed by atoms with Gasteiger partial charge in [-0.25, -0.2) is 4.98 Å². The minimum Gasteiger partial charge on any atom is -0.340 e. The molecule has 2 aromatic carbocycles. The lowest BCUT2D eigenvalue weighted by molar-refractivity contribution is -0.131. The van der Waals surface area contributed by atoms with Crippen LogP contribution in [0.3, 0.4) is 0 Å². The Labute approximate surface area is 142 Å². The van der Waals surface area contributed by atoms with Crippen molar-refractivity contribution in [2.45, 2.75) is 33.4 Å². The number of imidazole rings is 1. The Balaban J connectivity index is 1.81. The van der Waals surface area contributed by atoms with Crippen molar-refractivity contribution in [2.24, 2.45) is 0 Å². The van der Waals surface area contributed by atoms with Crippen molar-refractivity contribution in [3.8, 4) is 0 Å².